The van der Waals surface area contributed by atoms with Gasteiger partial charge in [-0.05, 0) is 18.2 Å². The Labute approximate surface area is 110 Å². The minimum absolute atomic E-state index is 0.204. The predicted octanol–water partition coefficient (Wildman–Crippen LogP) is 1.73. The second-order valence-electron chi connectivity index (χ2n) is 4.30. The molecule has 0 fully saturated rings. The first kappa shape index (κ1) is 13.3. The first-order valence-electron chi connectivity index (χ1n) is 5.81. The van der Waals surface area contributed by atoms with Crippen LogP contribution in [0.3, 0.4) is 0 Å². The fraction of sp³-hybridized carbons (Fsp3) is 0.133. The first-order chi connectivity index (χ1) is 9.00. The molecule has 4 heteroatoms. The average Bonchev–Trinajstić information content (AvgIpc) is 2.38. The zero-order valence-electron chi connectivity index (χ0n) is 10.1. The van der Waals surface area contributed by atoms with E-state index in [-0.39, 0.29) is 11.5 Å². The van der Waals surface area contributed by atoms with E-state index in [1.807, 2.05) is 0 Å². The van der Waals surface area contributed by atoms with Gasteiger partial charge in [0.15, 0.2) is 11.6 Å². The monoisotopic (exact) mass is 258 g/mol. The molecule has 98 valence electrons. The normalized spacial score (nSPS) is 21.4. The van der Waals surface area contributed by atoms with Gasteiger partial charge < -0.3 is 15.3 Å². The number of carbonyl (C=O) groups is 1. The Morgan fingerprint density at radius 1 is 1.21 bits per heavy atom. The standard InChI is InChI=1S/C15H14O4/c16-13(11-5-2-1-3-6-11)9-8-12-14(17)7-4-10-15(12,18)19/h1-10,12,17-19H. The van der Waals surface area contributed by atoms with Crippen LogP contribution in [0, 0.1) is 5.92 Å². The Hall–Kier alpha value is -2.17. The van der Waals surface area contributed by atoms with Crippen molar-refractivity contribution >= 4 is 5.78 Å². The Morgan fingerprint density at radius 2 is 1.89 bits per heavy atom. The lowest BCUT2D eigenvalue weighted by Crippen LogP contribution is -2.37. The number of ketones is 1. The lowest BCUT2D eigenvalue weighted by Gasteiger charge is -2.27. The minimum Gasteiger partial charge on any atom is -0.511 e. The summed E-state index contributed by atoms with van der Waals surface area (Å²) in [6.45, 7) is 0. The third-order valence-corrected chi connectivity index (χ3v) is 2.88. The Bertz CT molecular complexity index is 553. The fourth-order valence-electron chi connectivity index (χ4n) is 1.84. The molecule has 0 spiro atoms. The van der Waals surface area contributed by atoms with Crippen LogP contribution in [-0.4, -0.2) is 26.9 Å². The average molecular weight is 258 g/mol. The smallest absolute Gasteiger partial charge is 0.196 e. The van der Waals surface area contributed by atoms with Gasteiger partial charge in [-0.25, -0.2) is 0 Å². The zero-order chi connectivity index (χ0) is 13.9. The van der Waals surface area contributed by atoms with Crippen LogP contribution in [0.4, 0.5) is 0 Å². The van der Waals surface area contributed by atoms with Crippen LogP contribution in [0.15, 0.2) is 66.5 Å². The maximum Gasteiger partial charge on any atom is 0.196 e. The van der Waals surface area contributed by atoms with Gasteiger partial charge in [-0.1, -0.05) is 42.5 Å². The number of hydrogen-bond donors (Lipinski definition) is 3. The van der Waals surface area contributed by atoms with Gasteiger partial charge in [-0.3, -0.25) is 4.79 Å². The summed E-state index contributed by atoms with van der Waals surface area (Å²) in [5, 5.41) is 29.0. The van der Waals surface area contributed by atoms with Crippen LogP contribution in [0.2, 0.25) is 0 Å². The summed E-state index contributed by atoms with van der Waals surface area (Å²) in [6.07, 6.45) is 6.36. The van der Waals surface area contributed by atoms with Crippen LogP contribution in [0.1, 0.15) is 10.4 Å². The molecule has 0 radical (unpaired) electrons. The maximum absolute atomic E-state index is 11.8. The highest BCUT2D eigenvalue weighted by molar-refractivity contribution is 6.04. The van der Waals surface area contributed by atoms with Gasteiger partial charge in [0.25, 0.3) is 0 Å². The molecule has 0 saturated heterocycles. The Kier molecular flexibility index (Phi) is 3.64. The SMILES string of the molecule is O=C(C=CC1C(O)=CC=CC1(O)O)c1ccccc1. The van der Waals surface area contributed by atoms with E-state index >= 15 is 0 Å². The number of allylic oxidation sites excluding steroid dienone is 3. The summed E-state index contributed by atoms with van der Waals surface area (Å²) in [5.41, 5.74) is 0.495. The van der Waals surface area contributed by atoms with E-state index in [1.165, 1.54) is 24.3 Å². The topological polar surface area (TPSA) is 77.8 Å². The quantitative estimate of drug-likeness (QED) is 0.438. The zero-order valence-corrected chi connectivity index (χ0v) is 10.1. The lowest BCUT2D eigenvalue weighted by atomic mass is 9.91. The number of hydrogen-bond acceptors (Lipinski definition) is 4. The van der Waals surface area contributed by atoms with Crippen molar-refractivity contribution in [1.82, 2.24) is 0 Å². The van der Waals surface area contributed by atoms with Crippen molar-refractivity contribution in [3.05, 3.63) is 72.0 Å². The molecule has 0 aromatic heterocycles. The van der Waals surface area contributed by atoms with E-state index in [9.17, 15) is 20.1 Å². The van der Waals surface area contributed by atoms with Gasteiger partial charge in [0.2, 0.25) is 0 Å². The highest BCUT2D eigenvalue weighted by atomic mass is 16.5. The summed E-state index contributed by atoms with van der Waals surface area (Å²) in [4.78, 5) is 11.8. The highest BCUT2D eigenvalue weighted by Crippen LogP contribution is 2.27. The van der Waals surface area contributed by atoms with Gasteiger partial charge >= 0.3 is 0 Å². The maximum atomic E-state index is 11.8. The molecule has 0 bridgehead atoms. The molecule has 1 aliphatic carbocycles. The molecule has 1 aliphatic rings. The van der Waals surface area contributed by atoms with E-state index in [0.29, 0.717) is 5.56 Å². The van der Waals surface area contributed by atoms with Crippen LogP contribution in [0.25, 0.3) is 0 Å². The van der Waals surface area contributed by atoms with Gasteiger partial charge in [0.1, 0.15) is 5.76 Å². The summed E-state index contributed by atoms with van der Waals surface area (Å²) < 4.78 is 0. The summed E-state index contributed by atoms with van der Waals surface area (Å²) in [7, 11) is 0. The number of aliphatic hydroxyl groups excluding tert-OH is 1. The van der Waals surface area contributed by atoms with E-state index in [4.69, 9.17) is 0 Å². The van der Waals surface area contributed by atoms with Crippen molar-refractivity contribution in [2.24, 2.45) is 5.92 Å². The molecule has 19 heavy (non-hydrogen) atoms. The van der Waals surface area contributed by atoms with Crippen LogP contribution in [-0.2, 0) is 0 Å². The molecule has 0 aliphatic heterocycles. The van der Waals surface area contributed by atoms with Gasteiger partial charge in [-0.15, -0.1) is 0 Å². The molecule has 1 unspecified atom stereocenters. The van der Waals surface area contributed by atoms with Crippen LogP contribution in [0.5, 0.6) is 0 Å². The van der Waals surface area contributed by atoms with Crippen molar-refractivity contribution < 1.29 is 20.1 Å². The van der Waals surface area contributed by atoms with Crippen molar-refractivity contribution in [2.45, 2.75) is 5.79 Å². The number of benzene rings is 1. The molecule has 0 amide bonds. The molecule has 0 heterocycles. The second-order valence-corrected chi connectivity index (χ2v) is 4.30. The largest absolute Gasteiger partial charge is 0.511 e. The summed E-state index contributed by atoms with van der Waals surface area (Å²) in [6, 6.07) is 8.60. The van der Waals surface area contributed by atoms with Gasteiger partial charge in [0.05, 0.1) is 5.92 Å². The fourth-order valence-corrected chi connectivity index (χ4v) is 1.84. The number of rotatable bonds is 3. The van der Waals surface area contributed by atoms with Crippen molar-refractivity contribution in [3.63, 3.8) is 0 Å². The first-order valence-corrected chi connectivity index (χ1v) is 5.81. The Balaban J connectivity index is 2.17. The molecule has 3 N–H and O–H groups in total. The van der Waals surface area contributed by atoms with Crippen LogP contribution >= 0.6 is 0 Å². The van der Waals surface area contributed by atoms with E-state index in [0.717, 1.165) is 6.08 Å². The summed E-state index contributed by atoms with van der Waals surface area (Å²) in [5.74, 6) is -3.71. The van der Waals surface area contributed by atoms with E-state index in [2.05, 4.69) is 0 Å². The molecule has 1 atom stereocenters. The molecule has 2 rings (SSSR count). The number of carbonyl (C=O) groups excluding carboxylic acids is 1. The Morgan fingerprint density at radius 3 is 2.53 bits per heavy atom. The molecule has 1 aromatic carbocycles. The van der Waals surface area contributed by atoms with Crippen molar-refractivity contribution in [2.75, 3.05) is 0 Å². The summed E-state index contributed by atoms with van der Waals surface area (Å²) >= 11 is 0. The molecular weight excluding hydrogens is 244 g/mol. The minimum atomic E-state index is -2.19. The van der Waals surface area contributed by atoms with Gasteiger partial charge in [-0.2, -0.15) is 0 Å². The van der Waals surface area contributed by atoms with Gasteiger partial charge in [0, 0.05) is 5.56 Å². The predicted molar refractivity (Wildman–Crippen MR) is 70.4 cm³/mol. The highest BCUT2D eigenvalue weighted by Gasteiger charge is 2.34. The molecule has 1 aromatic rings. The van der Waals surface area contributed by atoms with Crippen LogP contribution < -0.4 is 0 Å². The molecule has 0 saturated carbocycles. The lowest BCUT2D eigenvalue weighted by molar-refractivity contribution is -0.145. The third kappa shape index (κ3) is 2.99. The molecule has 4 nitrogen and oxygen atoms in total. The van der Waals surface area contributed by atoms with Crippen molar-refractivity contribution in [1.29, 1.82) is 0 Å². The third-order valence-electron chi connectivity index (χ3n) is 2.88. The molecular formula is C15H14O4. The second kappa shape index (κ2) is 5.22. The number of aliphatic hydroxyl groups is 3. The van der Waals surface area contributed by atoms with E-state index in [1.54, 1.807) is 30.3 Å². The van der Waals surface area contributed by atoms with E-state index < -0.39 is 11.7 Å². The van der Waals surface area contributed by atoms with Crippen molar-refractivity contribution in [3.8, 4) is 0 Å².